The van der Waals surface area contributed by atoms with Gasteiger partial charge in [0.1, 0.15) is 0 Å². The van der Waals surface area contributed by atoms with Gasteiger partial charge < -0.3 is 0 Å². The SMILES string of the molecule is C#CC(C)=C(C)C. The molecule has 0 spiro atoms. The lowest BCUT2D eigenvalue weighted by Gasteiger charge is -1.87. The van der Waals surface area contributed by atoms with E-state index in [0.29, 0.717) is 0 Å². The monoisotopic (exact) mass is 94.1 g/mol. The summed E-state index contributed by atoms with van der Waals surface area (Å²) in [6.07, 6.45) is 5.07. The lowest BCUT2D eigenvalue weighted by Crippen LogP contribution is -1.70. The molecule has 0 saturated heterocycles. The van der Waals surface area contributed by atoms with E-state index in [2.05, 4.69) is 5.92 Å². The van der Waals surface area contributed by atoms with Crippen molar-refractivity contribution in [1.82, 2.24) is 0 Å². The Hall–Kier alpha value is -0.700. The first-order valence-corrected chi connectivity index (χ1v) is 2.29. The Morgan fingerprint density at radius 1 is 1.29 bits per heavy atom. The quantitative estimate of drug-likeness (QED) is 0.402. The van der Waals surface area contributed by atoms with Crippen LogP contribution in [0.1, 0.15) is 20.8 Å². The van der Waals surface area contributed by atoms with Gasteiger partial charge in [-0.05, 0) is 26.3 Å². The summed E-state index contributed by atoms with van der Waals surface area (Å²) in [7, 11) is 0. The Morgan fingerprint density at radius 3 is 1.71 bits per heavy atom. The maximum absolute atomic E-state index is 5.07. The fraction of sp³-hybridized carbons (Fsp3) is 0.429. The highest BCUT2D eigenvalue weighted by Crippen LogP contribution is 1.97. The Morgan fingerprint density at radius 2 is 1.71 bits per heavy atom. The molecule has 0 aromatic rings. The minimum absolute atomic E-state index is 1.04. The molecule has 0 saturated carbocycles. The largest absolute Gasteiger partial charge is 0.115 e. The predicted molar refractivity (Wildman–Crippen MR) is 32.9 cm³/mol. The third-order valence-corrected chi connectivity index (χ3v) is 0.967. The molecule has 0 amide bonds. The summed E-state index contributed by atoms with van der Waals surface area (Å²) in [4.78, 5) is 0. The minimum atomic E-state index is 1.04. The summed E-state index contributed by atoms with van der Waals surface area (Å²) in [6, 6.07) is 0. The van der Waals surface area contributed by atoms with Gasteiger partial charge in [-0.2, -0.15) is 0 Å². The molecule has 38 valence electrons. The second-order valence-electron chi connectivity index (χ2n) is 1.77. The van der Waals surface area contributed by atoms with Crippen LogP contribution >= 0.6 is 0 Å². The van der Waals surface area contributed by atoms with Gasteiger partial charge in [0, 0.05) is 0 Å². The lowest BCUT2D eigenvalue weighted by atomic mass is 10.2. The van der Waals surface area contributed by atoms with Gasteiger partial charge in [0.2, 0.25) is 0 Å². The van der Waals surface area contributed by atoms with Gasteiger partial charge in [-0.3, -0.25) is 0 Å². The highest BCUT2D eigenvalue weighted by atomic mass is 13.8. The molecule has 0 fully saturated rings. The molecule has 0 unspecified atom stereocenters. The molecule has 0 aromatic heterocycles. The summed E-state index contributed by atoms with van der Waals surface area (Å²) < 4.78 is 0. The Bertz CT molecular complexity index is 117. The average molecular weight is 94.2 g/mol. The van der Waals surface area contributed by atoms with Gasteiger partial charge in [-0.15, -0.1) is 6.42 Å². The van der Waals surface area contributed by atoms with Gasteiger partial charge in [-0.1, -0.05) is 11.5 Å². The number of hydrogen-bond acceptors (Lipinski definition) is 0. The van der Waals surface area contributed by atoms with Crippen molar-refractivity contribution >= 4 is 0 Å². The fourth-order valence-corrected chi connectivity index (χ4v) is 0.144. The highest BCUT2D eigenvalue weighted by Gasteiger charge is 1.79. The third kappa shape index (κ3) is 2.05. The Kier molecular flexibility index (Phi) is 2.22. The van der Waals surface area contributed by atoms with Crippen LogP contribution in [-0.2, 0) is 0 Å². The number of rotatable bonds is 0. The van der Waals surface area contributed by atoms with Crippen molar-refractivity contribution in [2.24, 2.45) is 0 Å². The fourth-order valence-electron chi connectivity index (χ4n) is 0.144. The van der Waals surface area contributed by atoms with E-state index in [1.54, 1.807) is 0 Å². The Balaban J connectivity index is 4.07. The van der Waals surface area contributed by atoms with Crippen LogP contribution in [0.3, 0.4) is 0 Å². The molecule has 0 aromatic carbocycles. The number of terminal acetylenes is 1. The van der Waals surface area contributed by atoms with E-state index in [0.717, 1.165) is 5.57 Å². The van der Waals surface area contributed by atoms with Crippen LogP contribution in [-0.4, -0.2) is 0 Å². The smallest absolute Gasteiger partial charge is 0.00270 e. The molecular formula is C7H10. The minimum Gasteiger partial charge on any atom is -0.115 e. The van der Waals surface area contributed by atoms with E-state index in [1.807, 2.05) is 20.8 Å². The highest BCUT2D eigenvalue weighted by molar-refractivity contribution is 5.26. The first-order valence-electron chi connectivity index (χ1n) is 2.29. The molecule has 0 aliphatic heterocycles. The van der Waals surface area contributed by atoms with Crippen LogP contribution in [0.4, 0.5) is 0 Å². The zero-order valence-corrected chi connectivity index (χ0v) is 5.08. The molecule has 0 rings (SSSR count). The topological polar surface area (TPSA) is 0 Å². The van der Waals surface area contributed by atoms with Crippen LogP contribution in [0.2, 0.25) is 0 Å². The maximum atomic E-state index is 5.07. The third-order valence-electron chi connectivity index (χ3n) is 0.967. The van der Waals surface area contributed by atoms with E-state index in [4.69, 9.17) is 6.42 Å². The number of hydrogen-bond donors (Lipinski definition) is 0. The van der Waals surface area contributed by atoms with Crippen molar-refractivity contribution in [1.29, 1.82) is 0 Å². The van der Waals surface area contributed by atoms with Crippen LogP contribution in [0.25, 0.3) is 0 Å². The standard InChI is InChI=1S/C7H10/c1-5-7(4)6(2)3/h1H,2-4H3. The first-order chi connectivity index (χ1) is 3.18. The molecule has 0 atom stereocenters. The van der Waals surface area contributed by atoms with E-state index >= 15 is 0 Å². The van der Waals surface area contributed by atoms with Crippen LogP contribution in [0.5, 0.6) is 0 Å². The predicted octanol–water partition coefficient (Wildman–Crippen LogP) is 1.98. The average Bonchev–Trinajstić information content (AvgIpc) is 1.65. The lowest BCUT2D eigenvalue weighted by molar-refractivity contribution is 1.31. The molecule has 0 bridgehead atoms. The van der Waals surface area contributed by atoms with Crippen LogP contribution in [0, 0.1) is 12.3 Å². The van der Waals surface area contributed by atoms with Gasteiger partial charge >= 0.3 is 0 Å². The molecule has 0 aliphatic rings. The molecule has 0 heteroatoms. The van der Waals surface area contributed by atoms with Crippen molar-refractivity contribution in [3.05, 3.63) is 11.1 Å². The molecule has 0 radical (unpaired) electrons. The van der Waals surface area contributed by atoms with Gasteiger partial charge in [0.25, 0.3) is 0 Å². The maximum Gasteiger partial charge on any atom is -0.00270 e. The normalized spacial score (nSPS) is 7.14. The zero-order valence-electron chi connectivity index (χ0n) is 5.08. The molecule has 0 nitrogen and oxygen atoms in total. The van der Waals surface area contributed by atoms with E-state index < -0.39 is 0 Å². The molecular weight excluding hydrogens is 84.1 g/mol. The first kappa shape index (κ1) is 6.30. The van der Waals surface area contributed by atoms with Gasteiger partial charge in [0.15, 0.2) is 0 Å². The zero-order chi connectivity index (χ0) is 5.86. The second kappa shape index (κ2) is 2.47. The van der Waals surface area contributed by atoms with E-state index in [9.17, 15) is 0 Å². The summed E-state index contributed by atoms with van der Waals surface area (Å²) in [6.45, 7) is 5.96. The summed E-state index contributed by atoms with van der Waals surface area (Å²) >= 11 is 0. The second-order valence-corrected chi connectivity index (χ2v) is 1.77. The molecule has 7 heavy (non-hydrogen) atoms. The van der Waals surface area contributed by atoms with Crippen molar-refractivity contribution < 1.29 is 0 Å². The van der Waals surface area contributed by atoms with Crippen molar-refractivity contribution in [2.75, 3.05) is 0 Å². The molecule has 0 heterocycles. The van der Waals surface area contributed by atoms with Crippen LogP contribution in [0.15, 0.2) is 11.1 Å². The van der Waals surface area contributed by atoms with Gasteiger partial charge in [0.05, 0.1) is 0 Å². The van der Waals surface area contributed by atoms with E-state index in [-0.39, 0.29) is 0 Å². The van der Waals surface area contributed by atoms with Gasteiger partial charge in [-0.25, -0.2) is 0 Å². The van der Waals surface area contributed by atoms with Crippen molar-refractivity contribution in [3.8, 4) is 12.3 Å². The number of allylic oxidation sites excluding steroid dienone is 2. The molecule has 0 aliphatic carbocycles. The van der Waals surface area contributed by atoms with Crippen molar-refractivity contribution in [2.45, 2.75) is 20.8 Å². The van der Waals surface area contributed by atoms with Crippen LogP contribution < -0.4 is 0 Å². The molecule has 0 N–H and O–H groups in total. The summed E-state index contributed by atoms with van der Waals surface area (Å²) in [5.74, 6) is 2.54. The summed E-state index contributed by atoms with van der Waals surface area (Å²) in [5.41, 5.74) is 2.27. The van der Waals surface area contributed by atoms with Crippen molar-refractivity contribution in [3.63, 3.8) is 0 Å². The summed E-state index contributed by atoms with van der Waals surface area (Å²) in [5, 5.41) is 0. The Labute approximate surface area is 45.2 Å². The van der Waals surface area contributed by atoms with E-state index in [1.165, 1.54) is 5.57 Å².